The number of rotatable bonds is 4. The molecule has 6 nitrogen and oxygen atoms in total. The van der Waals surface area contributed by atoms with Gasteiger partial charge in [0.2, 0.25) is 0 Å². The van der Waals surface area contributed by atoms with Crippen LogP contribution in [0.2, 0.25) is 0 Å². The summed E-state index contributed by atoms with van der Waals surface area (Å²) in [5.41, 5.74) is 12.4. The highest BCUT2D eigenvalue weighted by Gasteiger charge is 2.13. The van der Waals surface area contributed by atoms with Crippen molar-refractivity contribution in [3.05, 3.63) is 59.7 Å². The summed E-state index contributed by atoms with van der Waals surface area (Å²) in [6.07, 6.45) is 11.2. The van der Waals surface area contributed by atoms with Crippen molar-refractivity contribution in [3.63, 3.8) is 0 Å². The predicted molar refractivity (Wildman–Crippen MR) is 107 cm³/mol. The van der Waals surface area contributed by atoms with E-state index in [2.05, 4.69) is 11.8 Å². The molecule has 0 aromatic heterocycles. The lowest BCUT2D eigenvalue weighted by molar-refractivity contribution is 0.448. The molecule has 138 valence electrons. The predicted octanol–water partition coefficient (Wildman–Crippen LogP) is 3.81. The first-order chi connectivity index (χ1) is 13.4. The lowest BCUT2D eigenvalue weighted by atomic mass is 10.1. The van der Waals surface area contributed by atoms with Gasteiger partial charge in [-0.1, -0.05) is 11.8 Å². The Morgan fingerprint density at radius 3 is 1.39 bits per heavy atom. The van der Waals surface area contributed by atoms with Crippen LogP contribution in [0, 0.1) is 24.7 Å². The maximum absolute atomic E-state index is 9.73. The lowest BCUT2D eigenvalue weighted by Gasteiger charge is -2.14. The molecule has 0 atom stereocenters. The van der Waals surface area contributed by atoms with Crippen LogP contribution in [0.1, 0.15) is 11.1 Å². The molecule has 3 rings (SSSR count). The van der Waals surface area contributed by atoms with Crippen molar-refractivity contribution in [2.24, 2.45) is 0 Å². The smallest absolute Gasteiger partial charge is 0.144 e. The topological polar surface area (TPSA) is 111 Å². The van der Waals surface area contributed by atoms with Crippen LogP contribution in [0.25, 0.3) is 0 Å². The molecule has 0 aliphatic carbocycles. The second-order valence-corrected chi connectivity index (χ2v) is 5.78. The molecule has 0 bridgehead atoms. The van der Waals surface area contributed by atoms with Crippen LogP contribution in [0.3, 0.4) is 0 Å². The maximum Gasteiger partial charge on any atom is 0.144 e. The summed E-state index contributed by atoms with van der Waals surface area (Å²) in [6.45, 7) is 0. The highest BCUT2D eigenvalue weighted by Crippen LogP contribution is 2.36. The Morgan fingerprint density at radius 1 is 0.679 bits per heavy atom. The van der Waals surface area contributed by atoms with Gasteiger partial charge in [0.25, 0.3) is 0 Å². The molecule has 0 amide bonds. The zero-order chi connectivity index (χ0) is 20.3. The normalized spacial score (nSPS) is 9.93. The van der Waals surface area contributed by atoms with Gasteiger partial charge in [0.1, 0.15) is 34.5 Å². The molecule has 6 heteroatoms. The number of nitrogen functional groups attached to an aromatic ring is 2. The second kappa shape index (κ2) is 7.45. The molecule has 0 radical (unpaired) electrons. The molecule has 0 heterocycles. The molecule has 28 heavy (non-hydrogen) atoms. The Labute approximate surface area is 161 Å². The van der Waals surface area contributed by atoms with Crippen molar-refractivity contribution >= 4 is 11.4 Å². The first-order valence-corrected chi connectivity index (χ1v) is 8.05. The average Bonchev–Trinajstić information content (AvgIpc) is 2.68. The summed E-state index contributed by atoms with van der Waals surface area (Å²) in [4.78, 5) is 0. The molecule has 0 aliphatic heterocycles. The number of hydrogen-bond acceptors (Lipinski definition) is 6. The largest absolute Gasteiger partial charge is 0.506 e. The number of terminal acetylenes is 2. The highest BCUT2D eigenvalue weighted by atomic mass is 16.5. The van der Waals surface area contributed by atoms with Gasteiger partial charge in [-0.05, 0) is 24.3 Å². The van der Waals surface area contributed by atoms with Crippen LogP contribution >= 0.6 is 0 Å². The SMILES string of the molecule is C#Cc1cc(Oc2ccc(N)c(O)c2)c(C#C)cc1Oc1ccc(N)c(O)c1. The minimum atomic E-state index is -0.111. The fraction of sp³-hybridized carbons (Fsp3) is 0. The Hall–Kier alpha value is -4.42. The summed E-state index contributed by atoms with van der Waals surface area (Å²) in [7, 11) is 0. The molecule has 0 spiro atoms. The third kappa shape index (κ3) is 3.72. The minimum absolute atomic E-state index is 0.111. The van der Waals surface area contributed by atoms with E-state index in [0.717, 1.165) is 0 Å². The highest BCUT2D eigenvalue weighted by molar-refractivity contribution is 5.61. The first kappa shape index (κ1) is 18.4. The van der Waals surface area contributed by atoms with Crippen molar-refractivity contribution in [1.29, 1.82) is 0 Å². The van der Waals surface area contributed by atoms with Gasteiger partial charge in [0.05, 0.1) is 22.5 Å². The molecule has 3 aromatic carbocycles. The summed E-state index contributed by atoms with van der Waals surface area (Å²) in [5.74, 6) is 6.09. The van der Waals surface area contributed by atoms with E-state index < -0.39 is 0 Å². The molecule has 0 unspecified atom stereocenters. The van der Waals surface area contributed by atoms with Crippen LogP contribution in [0.4, 0.5) is 11.4 Å². The van der Waals surface area contributed by atoms with Crippen LogP contribution < -0.4 is 20.9 Å². The Morgan fingerprint density at radius 2 is 1.07 bits per heavy atom. The molecule has 0 aliphatic rings. The van der Waals surface area contributed by atoms with Crippen LogP contribution in [0.15, 0.2) is 48.5 Å². The number of phenols is 2. The number of benzene rings is 3. The summed E-state index contributed by atoms with van der Waals surface area (Å²) < 4.78 is 11.5. The third-order valence-corrected chi connectivity index (χ3v) is 3.85. The number of nitrogens with two attached hydrogens (primary N) is 2. The number of ether oxygens (including phenoxy) is 2. The zero-order valence-corrected chi connectivity index (χ0v) is 14.6. The fourth-order valence-electron chi connectivity index (χ4n) is 2.38. The standard InChI is InChI=1S/C22H16N2O4/c1-3-13-9-22(28-16-6-8-18(24)20(26)12-16)14(4-2)10-21(13)27-15-5-7-17(23)19(25)11-15/h1-2,5-12,25-26H,23-24H2. The van der Waals surface area contributed by atoms with E-state index in [9.17, 15) is 10.2 Å². The molecule has 0 saturated heterocycles. The summed E-state index contributed by atoms with van der Waals surface area (Å²) in [6, 6.07) is 12.0. The molecule has 3 aromatic rings. The average molecular weight is 372 g/mol. The third-order valence-electron chi connectivity index (χ3n) is 3.85. The molecule has 0 saturated carbocycles. The number of phenolic OH excluding ortho intramolecular Hbond substituents is 2. The quantitative estimate of drug-likeness (QED) is 0.315. The van der Waals surface area contributed by atoms with E-state index in [1.165, 1.54) is 24.3 Å². The van der Waals surface area contributed by atoms with Gasteiger partial charge < -0.3 is 31.2 Å². The van der Waals surface area contributed by atoms with Crippen LogP contribution in [0.5, 0.6) is 34.5 Å². The van der Waals surface area contributed by atoms with Gasteiger partial charge in [0.15, 0.2) is 0 Å². The van der Waals surface area contributed by atoms with Crippen LogP contribution in [-0.2, 0) is 0 Å². The monoisotopic (exact) mass is 372 g/mol. The van der Waals surface area contributed by atoms with Crippen molar-refractivity contribution in [2.45, 2.75) is 0 Å². The van der Waals surface area contributed by atoms with Gasteiger partial charge in [-0.25, -0.2) is 0 Å². The first-order valence-electron chi connectivity index (χ1n) is 8.05. The van der Waals surface area contributed by atoms with Gasteiger partial charge in [-0.15, -0.1) is 12.8 Å². The van der Waals surface area contributed by atoms with Crippen molar-refractivity contribution in [1.82, 2.24) is 0 Å². The summed E-state index contributed by atoms with van der Waals surface area (Å²) >= 11 is 0. The van der Waals surface area contributed by atoms with Gasteiger partial charge in [-0.3, -0.25) is 0 Å². The maximum atomic E-state index is 9.73. The molecular weight excluding hydrogens is 356 g/mol. The Kier molecular flexibility index (Phi) is 4.89. The van der Waals surface area contributed by atoms with E-state index in [-0.39, 0.29) is 22.9 Å². The molecule has 0 fully saturated rings. The molecular formula is C22H16N2O4. The van der Waals surface area contributed by atoms with Crippen molar-refractivity contribution < 1.29 is 19.7 Å². The van der Waals surface area contributed by atoms with Crippen molar-refractivity contribution in [2.75, 3.05) is 11.5 Å². The van der Waals surface area contributed by atoms with Gasteiger partial charge in [-0.2, -0.15) is 0 Å². The van der Waals surface area contributed by atoms with E-state index in [4.69, 9.17) is 33.8 Å². The number of anilines is 2. The number of aromatic hydroxyl groups is 2. The van der Waals surface area contributed by atoms with E-state index in [1.807, 2.05) is 0 Å². The zero-order valence-electron chi connectivity index (χ0n) is 14.6. The van der Waals surface area contributed by atoms with E-state index >= 15 is 0 Å². The Bertz CT molecular complexity index is 1050. The van der Waals surface area contributed by atoms with E-state index in [0.29, 0.717) is 34.1 Å². The van der Waals surface area contributed by atoms with Gasteiger partial charge >= 0.3 is 0 Å². The van der Waals surface area contributed by atoms with Crippen molar-refractivity contribution in [3.8, 4) is 59.2 Å². The minimum Gasteiger partial charge on any atom is -0.506 e. The fourth-order valence-corrected chi connectivity index (χ4v) is 2.38. The van der Waals surface area contributed by atoms with Crippen LogP contribution in [-0.4, -0.2) is 10.2 Å². The molecule has 6 N–H and O–H groups in total. The lowest BCUT2D eigenvalue weighted by Crippen LogP contribution is -1.95. The second-order valence-electron chi connectivity index (χ2n) is 5.78. The van der Waals surface area contributed by atoms with Gasteiger partial charge in [0, 0.05) is 24.3 Å². The summed E-state index contributed by atoms with van der Waals surface area (Å²) in [5, 5.41) is 19.5. The van der Waals surface area contributed by atoms with E-state index in [1.54, 1.807) is 24.3 Å². The Balaban J connectivity index is 1.97. The number of hydrogen-bond donors (Lipinski definition) is 4.